The van der Waals surface area contributed by atoms with Crippen molar-refractivity contribution in [2.75, 3.05) is 37.7 Å². The van der Waals surface area contributed by atoms with Crippen LogP contribution < -0.4 is 14.4 Å². The van der Waals surface area contributed by atoms with E-state index in [1.807, 2.05) is 60.4 Å². The summed E-state index contributed by atoms with van der Waals surface area (Å²) < 4.78 is 11.3. The van der Waals surface area contributed by atoms with E-state index in [1.165, 1.54) is 0 Å². The maximum atomic E-state index is 12.8. The number of amides is 1. The topological polar surface area (TPSA) is 80.7 Å². The van der Waals surface area contributed by atoms with Gasteiger partial charge >= 0.3 is 0 Å². The fraction of sp³-hybridized carbons (Fsp3) is 0.333. The highest BCUT2D eigenvalue weighted by molar-refractivity contribution is 5.81. The molecule has 0 spiro atoms. The lowest BCUT2D eigenvalue weighted by atomic mass is 10.2. The van der Waals surface area contributed by atoms with Crippen LogP contribution in [0.25, 0.3) is 11.3 Å². The normalized spacial score (nSPS) is 14.7. The molecule has 0 radical (unpaired) electrons. The number of benzene rings is 1. The zero-order valence-corrected chi connectivity index (χ0v) is 18.3. The Hall–Kier alpha value is -3.68. The van der Waals surface area contributed by atoms with Crippen LogP contribution in [0.2, 0.25) is 0 Å². The highest BCUT2D eigenvalue weighted by atomic mass is 16.5. The number of piperazine rings is 1. The summed E-state index contributed by atoms with van der Waals surface area (Å²) in [5, 5.41) is 8.72. The third-order valence-electron chi connectivity index (χ3n) is 5.34. The van der Waals surface area contributed by atoms with Crippen LogP contribution in [0.4, 0.5) is 5.82 Å². The number of rotatable bonds is 7. The van der Waals surface area contributed by atoms with Gasteiger partial charge in [-0.1, -0.05) is 0 Å². The molecule has 0 bridgehead atoms. The molecule has 1 aliphatic rings. The monoisotopic (exact) mass is 433 g/mol. The number of carbonyl (C=O) groups is 1. The van der Waals surface area contributed by atoms with E-state index in [0.29, 0.717) is 38.5 Å². The Morgan fingerprint density at radius 1 is 0.938 bits per heavy atom. The fourth-order valence-corrected chi connectivity index (χ4v) is 3.62. The summed E-state index contributed by atoms with van der Waals surface area (Å²) in [5.74, 6) is 2.23. The zero-order chi connectivity index (χ0) is 22.3. The van der Waals surface area contributed by atoms with Crippen LogP contribution in [-0.4, -0.2) is 64.9 Å². The van der Waals surface area contributed by atoms with E-state index in [4.69, 9.17) is 9.47 Å². The SMILES string of the molecule is CCOc1ccc(OC(C)C(=O)N2CCN(c3ccc(-c4ccncc4)nn3)CC2)cc1. The number of anilines is 1. The summed E-state index contributed by atoms with van der Waals surface area (Å²) >= 11 is 0. The summed E-state index contributed by atoms with van der Waals surface area (Å²) in [7, 11) is 0. The molecule has 0 saturated carbocycles. The standard InChI is InChI=1S/C24H27N5O3/c1-3-31-20-4-6-21(7-5-20)32-18(2)24(30)29-16-14-28(15-17-29)23-9-8-22(26-27-23)19-10-12-25-13-11-19/h4-13,18H,3,14-17H2,1-2H3. The van der Waals surface area contributed by atoms with Crippen molar-refractivity contribution >= 4 is 11.7 Å². The summed E-state index contributed by atoms with van der Waals surface area (Å²) in [6, 6.07) is 15.1. The average molecular weight is 434 g/mol. The van der Waals surface area contributed by atoms with E-state index in [2.05, 4.69) is 20.1 Å². The number of hydrogen-bond donors (Lipinski definition) is 0. The first-order valence-electron chi connectivity index (χ1n) is 10.8. The van der Waals surface area contributed by atoms with Crippen molar-refractivity contribution in [1.29, 1.82) is 0 Å². The first-order chi connectivity index (χ1) is 15.6. The maximum absolute atomic E-state index is 12.8. The largest absolute Gasteiger partial charge is 0.494 e. The number of pyridine rings is 1. The van der Waals surface area contributed by atoms with Gasteiger partial charge in [-0.3, -0.25) is 9.78 Å². The van der Waals surface area contributed by atoms with E-state index >= 15 is 0 Å². The first-order valence-corrected chi connectivity index (χ1v) is 10.8. The van der Waals surface area contributed by atoms with Crippen molar-refractivity contribution in [2.45, 2.75) is 20.0 Å². The molecule has 3 aromatic rings. The minimum Gasteiger partial charge on any atom is -0.494 e. The minimum absolute atomic E-state index is 0.0161. The summed E-state index contributed by atoms with van der Waals surface area (Å²) in [4.78, 5) is 20.9. The Morgan fingerprint density at radius 2 is 1.62 bits per heavy atom. The lowest BCUT2D eigenvalue weighted by Gasteiger charge is -2.36. The second-order valence-electron chi connectivity index (χ2n) is 7.49. The Morgan fingerprint density at radius 3 is 2.25 bits per heavy atom. The number of aromatic nitrogens is 3. The highest BCUT2D eigenvalue weighted by Crippen LogP contribution is 2.21. The molecule has 1 atom stereocenters. The molecule has 166 valence electrons. The highest BCUT2D eigenvalue weighted by Gasteiger charge is 2.26. The maximum Gasteiger partial charge on any atom is 0.263 e. The van der Waals surface area contributed by atoms with Crippen molar-refractivity contribution in [3.63, 3.8) is 0 Å². The molecule has 8 heteroatoms. The van der Waals surface area contributed by atoms with Crippen molar-refractivity contribution < 1.29 is 14.3 Å². The Kier molecular flexibility index (Phi) is 6.79. The second kappa shape index (κ2) is 10.1. The van der Waals surface area contributed by atoms with Gasteiger partial charge in [-0.05, 0) is 62.4 Å². The smallest absolute Gasteiger partial charge is 0.263 e. The van der Waals surface area contributed by atoms with E-state index < -0.39 is 6.10 Å². The van der Waals surface area contributed by atoms with Gasteiger partial charge in [-0.25, -0.2) is 0 Å². The molecule has 1 aromatic carbocycles. The van der Waals surface area contributed by atoms with Gasteiger partial charge in [0.05, 0.1) is 12.3 Å². The van der Waals surface area contributed by atoms with Crippen LogP contribution >= 0.6 is 0 Å². The number of carbonyl (C=O) groups excluding carboxylic acids is 1. The van der Waals surface area contributed by atoms with Crippen LogP contribution in [0.5, 0.6) is 11.5 Å². The van der Waals surface area contributed by atoms with Crippen molar-refractivity contribution in [3.8, 4) is 22.8 Å². The zero-order valence-electron chi connectivity index (χ0n) is 18.3. The molecule has 2 aromatic heterocycles. The number of nitrogens with zero attached hydrogens (tertiary/aromatic N) is 5. The molecule has 1 amide bonds. The molecule has 3 heterocycles. The molecule has 8 nitrogen and oxygen atoms in total. The number of ether oxygens (including phenoxy) is 2. The van der Waals surface area contributed by atoms with Crippen molar-refractivity contribution in [1.82, 2.24) is 20.1 Å². The van der Waals surface area contributed by atoms with Gasteiger partial charge in [0, 0.05) is 44.1 Å². The van der Waals surface area contributed by atoms with Gasteiger partial charge in [0.1, 0.15) is 11.5 Å². The fourth-order valence-electron chi connectivity index (χ4n) is 3.62. The molecule has 1 unspecified atom stereocenters. The molecule has 1 saturated heterocycles. The second-order valence-corrected chi connectivity index (χ2v) is 7.49. The molecule has 0 aliphatic carbocycles. The van der Waals surface area contributed by atoms with E-state index in [-0.39, 0.29) is 5.91 Å². The predicted molar refractivity (Wildman–Crippen MR) is 122 cm³/mol. The van der Waals surface area contributed by atoms with Crippen molar-refractivity contribution in [2.24, 2.45) is 0 Å². The van der Waals surface area contributed by atoms with Gasteiger partial charge in [0.25, 0.3) is 5.91 Å². The van der Waals surface area contributed by atoms with Gasteiger partial charge in [-0.15, -0.1) is 10.2 Å². The molecule has 1 aliphatic heterocycles. The van der Waals surface area contributed by atoms with Crippen LogP contribution in [0.15, 0.2) is 60.9 Å². The summed E-state index contributed by atoms with van der Waals surface area (Å²) in [6.45, 7) is 6.97. The third-order valence-corrected chi connectivity index (χ3v) is 5.34. The summed E-state index contributed by atoms with van der Waals surface area (Å²) in [6.07, 6.45) is 2.92. The Labute approximate surface area is 187 Å². The van der Waals surface area contributed by atoms with E-state index in [0.717, 1.165) is 22.8 Å². The molecule has 4 rings (SSSR count). The van der Waals surface area contributed by atoms with Crippen LogP contribution in [0.3, 0.4) is 0 Å². The molecular weight excluding hydrogens is 406 g/mol. The molecule has 1 fully saturated rings. The average Bonchev–Trinajstić information content (AvgIpc) is 2.86. The molecule has 32 heavy (non-hydrogen) atoms. The van der Waals surface area contributed by atoms with Gasteiger partial charge in [0.2, 0.25) is 0 Å². The quantitative estimate of drug-likeness (QED) is 0.566. The predicted octanol–water partition coefficient (Wildman–Crippen LogP) is 3.05. The third kappa shape index (κ3) is 5.14. The van der Waals surface area contributed by atoms with Crippen LogP contribution in [0, 0.1) is 0 Å². The lowest BCUT2D eigenvalue weighted by Crippen LogP contribution is -2.52. The molecule has 0 N–H and O–H groups in total. The van der Waals surface area contributed by atoms with Crippen LogP contribution in [0.1, 0.15) is 13.8 Å². The van der Waals surface area contributed by atoms with Gasteiger partial charge < -0.3 is 19.3 Å². The van der Waals surface area contributed by atoms with E-state index in [9.17, 15) is 4.79 Å². The van der Waals surface area contributed by atoms with Gasteiger partial charge in [-0.2, -0.15) is 0 Å². The summed E-state index contributed by atoms with van der Waals surface area (Å²) in [5.41, 5.74) is 1.79. The Balaban J connectivity index is 1.29. The lowest BCUT2D eigenvalue weighted by molar-refractivity contribution is -0.138. The van der Waals surface area contributed by atoms with Crippen LogP contribution in [-0.2, 0) is 4.79 Å². The van der Waals surface area contributed by atoms with Gasteiger partial charge in [0.15, 0.2) is 11.9 Å². The number of hydrogen-bond acceptors (Lipinski definition) is 7. The van der Waals surface area contributed by atoms with Crippen molar-refractivity contribution in [3.05, 3.63) is 60.9 Å². The first kappa shape index (κ1) is 21.5. The Bertz CT molecular complexity index is 1000. The molecular formula is C24H27N5O3. The minimum atomic E-state index is -0.557. The van der Waals surface area contributed by atoms with E-state index in [1.54, 1.807) is 19.3 Å².